The third-order valence-electron chi connectivity index (χ3n) is 3.50. The smallest absolute Gasteiger partial charge is 0.201 e. The molecule has 1 aromatic carbocycles. The first-order valence-electron chi connectivity index (χ1n) is 6.18. The van der Waals surface area contributed by atoms with Crippen LogP contribution >= 0.6 is 11.8 Å². The molecular formula is C13H16FN3S. The summed E-state index contributed by atoms with van der Waals surface area (Å²) in [5, 5.41) is 0. The first kappa shape index (κ1) is 11.8. The molecule has 1 saturated heterocycles. The summed E-state index contributed by atoms with van der Waals surface area (Å²) >= 11 is 1.95. The maximum Gasteiger partial charge on any atom is 0.201 e. The first-order chi connectivity index (χ1) is 8.66. The maximum absolute atomic E-state index is 13.5. The van der Waals surface area contributed by atoms with Gasteiger partial charge in [0.05, 0.1) is 11.0 Å². The number of thioether (sulfide) groups is 1. The standard InChI is InChI=1S/C13H16FN3S/c1-8-5-12-11(6-10(8)14)16-13(15)17(12)9-3-2-4-18-7-9/h5-6,9H,2-4,7H2,1H3,(H2,15,16). The number of benzene rings is 1. The molecule has 1 atom stereocenters. The van der Waals surface area contributed by atoms with Crippen molar-refractivity contribution in [2.45, 2.75) is 25.8 Å². The van der Waals surface area contributed by atoms with E-state index in [2.05, 4.69) is 9.55 Å². The Morgan fingerprint density at radius 2 is 2.33 bits per heavy atom. The van der Waals surface area contributed by atoms with Gasteiger partial charge in [0.25, 0.3) is 0 Å². The quantitative estimate of drug-likeness (QED) is 0.861. The molecule has 1 aromatic heterocycles. The molecule has 2 heterocycles. The molecule has 1 aliphatic heterocycles. The van der Waals surface area contributed by atoms with Crippen LogP contribution in [0.2, 0.25) is 0 Å². The summed E-state index contributed by atoms with van der Waals surface area (Å²) in [5.74, 6) is 2.57. The minimum Gasteiger partial charge on any atom is -0.369 e. The van der Waals surface area contributed by atoms with Crippen LogP contribution in [0.5, 0.6) is 0 Å². The van der Waals surface area contributed by atoms with E-state index < -0.39 is 0 Å². The molecule has 0 amide bonds. The van der Waals surface area contributed by atoms with Crippen molar-refractivity contribution in [3.8, 4) is 0 Å². The van der Waals surface area contributed by atoms with Gasteiger partial charge < -0.3 is 10.3 Å². The fraction of sp³-hybridized carbons (Fsp3) is 0.462. The number of nitrogens with zero attached hydrogens (tertiary/aromatic N) is 2. The predicted molar refractivity (Wildman–Crippen MR) is 74.4 cm³/mol. The molecule has 1 fully saturated rings. The second-order valence-electron chi connectivity index (χ2n) is 4.80. The molecule has 0 aliphatic carbocycles. The number of imidazole rings is 1. The number of nitrogens with two attached hydrogens (primary N) is 1. The van der Waals surface area contributed by atoms with Crippen LogP contribution in [0.25, 0.3) is 11.0 Å². The highest BCUT2D eigenvalue weighted by atomic mass is 32.2. The lowest BCUT2D eigenvalue weighted by molar-refractivity contribution is 0.517. The van der Waals surface area contributed by atoms with Gasteiger partial charge in [-0.2, -0.15) is 11.8 Å². The van der Waals surface area contributed by atoms with E-state index in [1.54, 1.807) is 6.92 Å². The van der Waals surface area contributed by atoms with Crippen molar-refractivity contribution in [2.24, 2.45) is 0 Å². The number of rotatable bonds is 1. The van der Waals surface area contributed by atoms with Crippen LogP contribution in [0.3, 0.4) is 0 Å². The average Bonchev–Trinajstić information content (AvgIpc) is 2.66. The summed E-state index contributed by atoms with van der Waals surface area (Å²) in [4.78, 5) is 4.28. The van der Waals surface area contributed by atoms with Crippen LogP contribution < -0.4 is 5.73 Å². The van der Waals surface area contributed by atoms with Gasteiger partial charge in [-0.25, -0.2) is 9.37 Å². The monoisotopic (exact) mass is 265 g/mol. The van der Waals surface area contributed by atoms with Gasteiger partial charge in [0.2, 0.25) is 5.95 Å². The molecule has 1 aliphatic rings. The number of nitrogen functional groups attached to an aromatic ring is 1. The molecule has 0 radical (unpaired) electrons. The Hall–Kier alpha value is -1.23. The predicted octanol–water partition coefficient (Wildman–Crippen LogP) is 3.13. The van der Waals surface area contributed by atoms with E-state index in [9.17, 15) is 4.39 Å². The highest BCUT2D eigenvalue weighted by molar-refractivity contribution is 7.99. The van der Waals surface area contributed by atoms with Crippen LogP contribution in [0.15, 0.2) is 12.1 Å². The fourth-order valence-electron chi connectivity index (χ4n) is 2.55. The van der Waals surface area contributed by atoms with Gasteiger partial charge in [0.15, 0.2) is 0 Å². The number of anilines is 1. The Balaban J connectivity index is 2.15. The maximum atomic E-state index is 13.5. The van der Waals surface area contributed by atoms with Crippen molar-refractivity contribution in [3.63, 3.8) is 0 Å². The summed E-state index contributed by atoms with van der Waals surface area (Å²) in [6.07, 6.45) is 2.33. The summed E-state index contributed by atoms with van der Waals surface area (Å²) in [6, 6.07) is 3.72. The lowest BCUT2D eigenvalue weighted by Crippen LogP contribution is -2.17. The molecule has 1 unspecified atom stereocenters. The van der Waals surface area contributed by atoms with Gasteiger partial charge in [-0.05, 0) is 37.1 Å². The molecule has 0 bridgehead atoms. The third kappa shape index (κ3) is 1.86. The van der Waals surface area contributed by atoms with Crippen molar-refractivity contribution >= 4 is 28.7 Å². The summed E-state index contributed by atoms with van der Waals surface area (Å²) in [7, 11) is 0. The summed E-state index contributed by atoms with van der Waals surface area (Å²) in [6.45, 7) is 1.78. The SMILES string of the molecule is Cc1cc2c(cc1F)nc(N)n2C1CCCSC1. The molecule has 2 aromatic rings. The molecule has 0 spiro atoms. The zero-order chi connectivity index (χ0) is 12.7. The molecule has 3 nitrogen and oxygen atoms in total. The van der Waals surface area contributed by atoms with E-state index in [1.165, 1.54) is 18.2 Å². The lowest BCUT2D eigenvalue weighted by atomic mass is 10.1. The van der Waals surface area contributed by atoms with E-state index in [0.29, 0.717) is 23.1 Å². The van der Waals surface area contributed by atoms with Crippen molar-refractivity contribution < 1.29 is 4.39 Å². The van der Waals surface area contributed by atoms with Crippen LogP contribution in [0.4, 0.5) is 10.3 Å². The molecular weight excluding hydrogens is 249 g/mol. The minimum absolute atomic E-state index is 0.217. The number of aromatic nitrogens is 2. The number of hydrogen-bond acceptors (Lipinski definition) is 3. The number of aryl methyl sites for hydroxylation is 1. The van der Waals surface area contributed by atoms with E-state index >= 15 is 0 Å². The van der Waals surface area contributed by atoms with Gasteiger partial charge >= 0.3 is 0 Å². The third-order valence-corrected chi connectivity index (χ3v) is 4.70. The molecule has 5 heteroatoms. The largest absolute Gasteiger partial charge is 0.369 e. The van der Waals surface area contributed by atoms with E-state index in [1.807, 2.05) is 17.8 Å². The van der Waals surface area contributed by atoms with E-state index in [0.717, 1.165) is 17.7 Å². The van der Waals surface area contributed by atoms with Crippen LogP contribution in [0.1, 0.15) is 24.4 Å². The van der Waals surface area contributed by atoms with Gasteiger partial charge in [-0.15, -0.1) is 0 Å². The molecule has 96 valence electrons. The van der Waals surface area contributed by atoms with E-state index in [-0.39, 0.29) is 5.82 Å². The fourth-order valence-corrected chi connectivity index (χ4v) is 3.68. The van der Waals surface area contributed by atoms with E-state index in [4.69, 9.17) is 5.73 Å². The van der Waals surface area contributed by atoms with Crippen molar-refractivity contribution in [3.05, 3.63) is 23.5 Å². The number of halogens is 1. The Labute approximate surface area is 110 Å². The molecule has 18 heavy (non-hydrogen) atoms. The lowest BCUT2D eigenvalue weighted by Gasteiger charge is -2.24. The zero-order valence-electron chi connectivity index (χ0n) is 10.3. The Bertz CT molecular complexity index is 587. The van der Waals surface area contributed by atoms with Gasteiger partial charge in [-0.3, -0.25) is 0 Å². The topological polar surface area (TPSA) is 43.8 Å². The van der Waals surface area contributed by atoms with Crippen LogP contribution in [-0.4, -0.2) is 21.1 Å². The number of fused-ring (bicyclic) bond motifs is 1. The van der Waals surface area contributed by atoms with Crippen molar-refractivity contribution in [1.82, 2.24) is 9.55 Å². The van der Waals surface area contributed by atoms with Crippen LogP contribution in [0, 0.1) is 12.7 Å². The Morgan fingerprint density at radius 1 is 1.50 bits per heavy atom. The first-order valence-corrected chi connectivity index (χ1v) is 7.33. The second kappa shape index (κ2) is 4.46. The Morgan fingerprint density at radius 3 is 3.06 bits per heavy atom. The van der Waals surface area contributed by atoms with Crippen LogP contribution in [-0.2, 0) is 0 Å². The van der Waals surface area contributed by atoms with Gasteiger partial charge in [0.1, 0.15) is 5.82 Å². The molecule has 2 N–H and O–H groups in total. The normalized spacial score (nSPS) is 20.4. The molecule has 0 saturated carbocycles. The van der Waals surface area contributed by atoms with Crippen molar-refractivity contribution in [2.75, 3.05) is 17.2 Å². The summed E-state index contributed by atoms with van der Waals surface area (Å²) < 4.78 is 15.6. The average molecular weight is 265 g/mol. The number of hydrogen-bond donors (Lipinski definition) is 1. The highest BCUT2D eigenvalue weighted by Crippen LogP contribution is 2.32. The zero-order valence-corrected chi connectivity index (χ0v) is 11.1. The minimum atomic E-state index is -0.217. The van der Waals surface area contributed by atoms with Crippen molar-refractivity contribution in [1.29, 1.82) is 0 Å². The molecule has 3 rings (SSSR count). The van der Waals surface area contributed by atoms with Gasteiger partial charge in [0, 0.05) is 17.9 Å². The second-order valence-corrected chi connectivity index (χ2v) is 5.95. The summed E-state index contributed by atoms with van der Waals surface area (Å²) in [5.41, 5.74) is 8.27. The highest BCUT2D eigenvalue weighted by Gasteiger charge is 2.21. The van der Waals surface area contributed by atoms with Gasteiger partial charge in [-0.1, -0.05) is 0 Å². The Kier molecular flexibility index (Phi) is 2.93.